The van der Waals surface area contributed by atoms with Gasteiger partial charge in [-0.1, -0.05) is 12.1 Å². The molecule has 28 heavy (non-hydrogen) atoms. The predicted octanol–water partition coefficient (Wildman–Crippen LogP) is 3.24. The third-order valence-corrected chi connectivity index (χ3v) is 7.62. The van der Waals surface area contributed by atoms with Crippen LogP contribution in [0.1, 0.15) is 20.8 Å². The molecule has 150 valence electrons. The number of nitrogens with zero attached hydrogens (tertiary/aromatic N) is 3. The summed E-state index contributed by atoms with van der Waals surface area (Å²) in [5, 5.41) is 1.38. The molecule has 9 heteroatoms. The van der Waals surface area contributed by atoms with E-state index in [1.807, 2.05) is 26.8 Å². The Morgan fingerprint density at radius 3 is 2.68 bits per heavy atom. The zero-order valence-corrected chi connectivity index (χ0v) is 18.3. The van der Waals surface area contributed by atoms with Gasteiger partial charge in [-0.05, 0) is 42.8 Å². The molecule has 1 aromatic heterocycles. The summed E-state index contributed by atoms with van der Waals surface area (Å²) >= 11 is 3.43. The zero-order chi connectivity index (χ0) is 20.3. The molecule has 2 atom stereocenters. The van der Waals surface area contributed by atoms with Crippen LogP contribution in [0.25, 0.3) is 10.8 Å². The molecular formula is C19H22BrN3O4S. The lowest BCUT2D eigenvalue weighted by molar-refractivity contribution is -0.0164. The molecule has 7 nitrogen and oxygen atoms in total. The van der Waals surface area contributed by atoms with Crippen molar-refractivity contribution in [1.29, 1.82) is 0 Å². The van der Waals surface area contributed by atoms with Crippen LogP contribution in [-0.4, -0.2) is 60.0 Å². The number of carbonyl (C=O) groups is 1. The second kappa shape index (κ2) is 6.67. The molecular weight excluding hydrogens is 446 g/mol. The third kappa shape index (κ3) is 3.29. The van der Waals surface area contributed by atoms with Gasteiger partial charge < -0.3 is 9.64 Å². The molecule has 0 N–H and O–H groups in total. The summed E-state index contributed by atoms with van der Waals surface area (Å²) in [6, 6.07) is 5.05. The van der Waals surface area contributed by atoms with Gasteiger partial charge in [0.25, 0.3) is 0 Å². The van der Waals surface area contributed by atoms with E-state index < -0.39 is 15.6 Å². The summed E-state index contributed by atoms with van der Waals surface area (Å²) in [6.45, 7) is 6.67. The first-order valence-electron chi connectivity index (χ1n) is 9.10. The predicted molar refractivity (Wildman–Crippen MR) is 108 cm³/mol. The van der Waals surface area contributed by atoms with Crippen LogP contribution >= 0.6 is 15.9 Å². The van der Waals surface area contributed by atoms with E-state index in [2.05, 4.69) is 20.9 Å². The van der Waals surface area contributed by atoms with Gasteiger partial charge in [-0.15, -0.1) is 0 Å². The van der Waals surface area contributed by atoms with Crippen LogP contribution in [0.4, 0.5) is 4.79 Å². The molecule has 3 heterocycles. The molecule has 0 saturated carbocycles. The fourth-order valence-corrected chi connectivity index (χ4v) is 6.28. The minimum absolute atomic E-state index is 0.135. The van der Waals surface area contributed by atoms with Gasteiger partial charge in [0.15, 0.2) is 0 Å². The highest BCUT2D eigenvalue weighted by atomic mass is 79.9. The Hall–Kier alpha value is -1.71. The van der Waals surface area contributed by atoms with Gasteiger partial charge in [-0.2, -0.15) is 4.31 Å². The van der Waals surface area contributed by atoms with Gasteiger partial charge in [-0.3, -0.25) is 4.98 Å². The number of ether oxygens (including phenoxy) is 1. The lowest BCUT2D eigenvalue weighted by atomic mass is 9.93. The van der Waals surface area contributed by atoms with Crippen LogP contribution in [0.5, 0.6) is 0 Å². The summed E-state index contributed by atoms with van der Waals surface area (Å²) in [7, 11) is -3.70. The van der Waals surface area contributed by atoms with Crippen LogP contribution < -0.4 is 0 Å². The summed E-state index contributed by atoms with van der Waals surface area (Å²) in [4.78, 5) is 18.4. The van der Waals surface area contributed by atoms with Gasteiger partial charge >= 0.3 is 6.09 Å². The Bertz CT molecular complexity index is 1050. The van der Waals surface area contributed by atoms with Crippen molar-refractivity contribution in [1.82, 2.24) is 14.2 Å². The standard InChI is InChI=1S/C19H22BrN3O4S/c1-19(2,3)27-18(24)23-10-13-9-22(11-15(13)23)28(25,26)16-6-4-5-12-7-21-8-14(20)17(12)16/h4-8,13,15H,9-11H2,1-3H3. The first kappa shape index (κ1) is 19.6. The second-order valence-corrected chi connectivity index (χ2v) is 11.0. The first-order chi connectivity index (χ1) is 13.1. The van der Waals surface area contributed by atoms with E-state index in [4.69, 9.17) is 4.74 Å². The van der Waals surface area contributed by atoms with E-state index in [9.17, 15) is 13.2 Å². The minimum atomic E-state index is -3.70. The Morgan fingerprint density at radius 1 is 1.21 bits per heavy atom. The molecule has 1 aromatic carbocycles. The van der Waals surface area contributed by atoms with Crippen molar-refractivity contribution in [3.8, 4) is 0 Å². The van der Waals surface area contributed by atoms with Crippen LogP contribution in [0.15, 0.2) is 40.0 Å². The summed E-state index contributed by atoms with van der Waals surface area (Å²) in [6.07, 6.45) is 2.86. The van der Waals surface area contributed by atoms with Gasteiger partial charge in [0.05, 0.1) is 10.9 Å². The van der Waals surface area contributed by atoms with E-state index in [1.165, 1.54) is 4.31 Å². The van der Waals surface area contributed by atoms with E-state index in [-0.39, 0.29) is 29.5 Å². The van der Waals surface area contributed by atoms with Crippen molar-refractivity contribution in [3.63, 3.8) is 0 Å². The number of amides is 1. The fraction of sp³-hybridized carbons (Fsp3) is 0.474. The number of halogens is 1. The number of aromatic nitrogens is 1. The van der Waals surface area contributed by atoms with E-state index in [0.717, 1.165) is 5.39 Å². The summed E-state index contributed by atoms with van der Waals surface area (Å²) < 4.78 is 34.3. The van der Waals surface area contributed by atoms with Crippen molar-refractivity contribution in [3.05, 3.63) is 35.1 Å². The Morgan fingerprint density at radius 2 is 1.96 bits per heavy atom. The van der Waals surface area contributed by atoms with Crippen LogP contribution in [0.2, 0.25) is 0 Å². The Balaban J connectivity index is 1.59. The number of sulfonamides is 1. The normalized spacial score (nSPS) is 22.8. The average Bonchev–Trinajstić information content (AvgIpc) is 2.90. The lowest BCUT2D eigenvalue weighted by Gasteiger charge is -2.43. The number of fused-ring (bicyclic) bond motifs is 2. The number of likely N-dealkylation sites (tertiary alicyclic amines) is 1. The van der Waals surface area contributed by atoms with Gasteiger partial charge in [0, 0.05) is 53.2 Å². The first-order valence-corrected chi connectivity index (χ1v) is 11.3. The molecule has 0 aliphatic carbocycles. The highest BCUT2D eigenvalue weighted by Crippen LogP contribution is 2.38. The van der Waals surface area contributed by atoms with Crippen molar-refractivity contribution >= 4 is 42.8 Å². The fourth-order valence-electron chi connectivity index (χ4n) is 3.84. The molecule has 0 radical (unpaired) electrons. The maximum Gasteiger partial charge on any atom is 0.410 e. The topological polar surface area (TPSA) is 79.8 Å². The van der Waals surface area contributed by atoms with E-state index in [0.29, 0.717) is 22.9 Å². The number of pyridine rings is 1. The molecule has 0 spiro atoms. The number of hydrogen-bond acceptors (Lipinski definition) is 5. The van der Waals surface area contributed by atoms with Crippen molar-refractivity contribution in [2.24, 2.45) is 5.92 Å². The highest BCUT2D eigenvalue weighted by Gasteiger charge is 2.52. The highest BCUT2D eigenvalue weighted by molar-refractivity contribution is 9.10. The molecule has 2 saturated heterocycles. The van der Waals surface area contributed by atoms with Crippen molar-refractivity contribution < 1.29 is 17.9 Å². The average molecular weight is 468 g/mol. The van der Waals surface area contributed by atoms with Gasteiger partial charge in [-0.25, -0.2) is 13.2 Å². The van der Waals surface area contributed by atoms with Crippen LogP contribution in [0, 0.1) is 5.92 Å². The molecule has 2 fully saturated rings. The molecule has 2 aliphatic heterocycles. The van der Waals surface area contributed by atoms with Gasteiger partial charge in [0.1, 0.15) is 5.60 Å². The summed E-state index contributed by atoms with van der Waals surface area (Å²) in [5.41, 5.74) is -0.574. The lowest BCUT2D eigenvalue weighted by Crippen LogP contribution is -2.59. The number of hydrogen-bond donors (Lipinski definition) is 0. The molecule has 2 aromatic rings. The zero-order valence-electron chi connectivity index (χ0n) is 15.9. The van der Waals surface area contributed by atoms with Crippen LogP contribution in [-0.2, 0) is 14.8 Å². The molecule has 4 rings (SSSR count). The van der Waals surface area contributed by atoms with E-state index >= 15 is 0 Å². The van der Waals surface area contributed by atoms with Crippen molar-refractivity contribution in [2.75, 3.05) is 19.6 Å². The SMILES string of the molecule is CC(C)(C)OC(=O)N1CC2CN(S(=O)(=O)c3cccc4cncc(Br)c34)CC21. The monoisotopic (exact) mass is 467 g/mol. The minimum Gasteiger partial charge on any atom is -0.444 e. The van der Waals surface area contributed by atoms with Crippen LogP contribution in [0.3, 0.4) is 0 Å². The number of carbonyl (C=O) groups excluding carboxylic acids is 1. The Labute approximate surface area is 172 Å². The second-order valence-electron chi connectivity index (χ2n) is 8.26. The number of benzene rings is 1. The smallest absolute Gasteiger partial charge is 0.410 e. The molecule has 0 bridgehead atoms. The maximum atomic E-state index is 13.4. The maximum absolute atomic E-state index is 13.4. The van der Waals surface area contributed by atoms with E-state index in [1.54, 1.807) is 29.4 Å². The van der Waals surface area contributed by atoms with Gasteiger partial charge in [0.2, 0.25) is 10.0 Å². The molecule has 2 aliphatic rings. The molecule has 1 amide bonds. The van der Waals surface area contributed by atoms with Crippen molar-refractivity contribution in [2.45, 2.75) is 37.3 Å². The summed E-state index contributed by atoms with van der Waals surface area (Å²) in [5.74, 6) is 0.141. The largest absolute Gasteiger partial charge is 0.444 e. The Kier molecular flexibility index (Phi) is 4.67. The number of rotatable bonds is 2. The molecule has 2 unspecified atom stereocenters. The third-order valence-electron chi connectivity index (χ3n) is 5.15. The quantitative estimate of drug-likeness (QED) is 0.676.